The van der Waals surface area contributed by atoms with E-state index in [0.29, 0.717) is 25.3 Å². The summed E-state index contributed by atoms with van der Waals surface area (Å²) in [6.07, 6.45) is 3.28. The Labute approximate surface area is 165 Å². The molecule has 6 heteroatoms. The average molecular weight is 383 g/mol. The Kier molecular flexibility index (Phi) is 6.17. The van der Waals surface area contributed by atoms with Gasteiger partial charge in [-0.3, -0.25) is 14.2 Å². The van der Waals surface area contributed by atoms with Crippen LogP contribution in [-0.4, -0.2) is 38.6 Å². The number of aryl methyl sites for hydroxylation is 1. The van der Waals surface area contributed by atoms with Gasteiger partial charge < -0.3 is 10.0 Å². The lowest BCUT2D eigenvalue weighted by atomic mass is 9.99. The van der Waals surface area contributed by atoms with Crippen molar-refractivity contribution in [2.24, 2.45) is 0 Å². The molecule has 1 N–H and O–H groups in total. The highest BCUT2D eigenvalue weighted by molar-refractivity contribution is 5.96. The van der Waals surface area contributed by atoms with Gasteiger partial charge in [0.15, 0.2) is 5.56 Å². The van der Waals surface area contributed by atoms with Gasteiger partial charge >= 0.3 is 0 Å². The molecular weight excluding hydrogens is 354 g/mol. The highest BCUT2D eigenvalue weighted by Gasteiger charge is 2.32. The fourth-order valence-electron chi connectivity index (χ4n) is 3.91. The predicted molar refractivity (Wildman–Crippen MR) is 109 cm³/mol. The van der Waals surface area contributed by atoms with Crippen LogP contribution in [0.3, 0.4) is 0 Å². The smallest absolute Gasteiger partial charge is 0.289 e. The standard InChI is InChI=1S/C22H29N3O3/c1-4-5-11-18-23-20(26)19(22(28)25(18)15(2)3)21(27)24-13-12-17(14-24)16-9-7-6-8-10-16/h6-10,15,17,28H,4-5,11-14H2,1-3H3/t17-/m1/s1. The van der Waals surface area contributed by atoms with Gasteiger partial charge in [-0.1, -0.05) is 43.7 Å². The Balaban J connectivity index is 1.90. The van der Waals surface area contributed by atoms with Crippen molar-refractivity contribution in [1.82, 2.24) is 14.5 Å². The Morgan fingerprint density at radius 3 is 2.64 bits per heavy atom. The van der Waals surface area contributed by atoms with Gasteiger partial charge in [-0.05, 0) is 32.3 Å². The van der Waals surface area contributed by atoms with Gasteiger partial charge in [0.05, 0.1) is 0 Å². The van der Waals surface area contributed by atoms with E-state index in [0.717, 1.165) is 19.3 Å². The second-order valence-corrected chi connectivity index (χ2v) is 7.75. The summed E-state index contributed by atoms with van der Waals surface area (Å²) in [6, 6.07) is 9.98. The minimum Gasteiger partial charge on any atom is -0.494 e. The molecule has 150 valence electrons. The van der Waals surface area contributed by atoms with Crippen LogP contribution in [0.25, 0.3) is 0 Å². The summed E-state index contributed by atoms with van der Waals surface area (Å²) in [7, 11) is 0. The summed E-state index contributed by atoms with van der Waals surface area (Å²) in [5.74, 6) is 0.107. The molecule has 1 aromatic heterocycles. The van der Waals surface area contributed by atoms with Gasteiger partial charge in [-0.2, -0.15) is 4.98 Å². The zero-order valence-corrected chi connectivity index (χ0v) is 16.9. The normalized spacial score (nSPS) is 16.7. The minimum atomic E-state index is -0.631. The van der Waals surface area contributed by atoms with Crippen molar-refractivity contribution in [1.29, 1.82) is 0 Å². The van der Waals surface area contributed by atoms with Crippen molar-refractivity contribution in [3.8, 4) is 5.88 Å². The van der Waals surface area contributed by atoms with Crippen molar-refractivity contribution >= 4 is 5.91 Å². The second-order valence-electron chi connectivity index (χ2n) is 7.75. The molecule has 2 aromatic rings. The van der Waals surface area contributed by atoms with Crippen LogP contribution >= 0.6 is 0 Å². The van der Waals surface area contributed by atoms with E-state index >= 15 is 0 Å². The molecule has 1 aliphatic rings. The van der Waals surface area contributed by atoms with Gasteiger partial charge in [0.2, 0.25) is 5.88 Å². The first-order valence-corrected chi connectivity index (χ1v) is 10.1. The van der Waals surface area contributed by atoms with Crippen LogP contribution in [0.15, 0.2) is 35.1 Å². The Hall–Kier alpha value is -2.63. The molecule has 1 amide bonds. The first-order chi connectivity index (χ1) is 13.4. The van der Waals surface area contributed by atoms with E-state index in [1.165, 1.54) is 5.56 Å². The highest BCUT2D eigenvalue weighted by atomic mass is 16.3. The number of nitrogens with zero attached hydrogens (tertiary/aromatic N) is 3. The van der Waals surface area contributed by atoms with Gasteiger partial charge in [-0.15, -0.1) is 0 Å². The molecule has 1 aliphatic heterocycles. The molecule has 0 radical (unpaired) electrons. The molecule has 0 aliphatic carbocycles. The van der Waals surface area contributed by atoms with E-state index < -0.39 is 11.5 Å². The zero-order valence-electron chi connectivity index (χ0n) is 16.9. The number of hydrogen-bond acceptors (Lipinski definition) is 4. The quantitative estimate of drug-likeness (QED) is 0.828. The summed E-state index contributed by atoms with van der Waals surface area (Å²) in [5.41, 5.74) is 0.353. The van der Waals surface area contributed by atoms with Crippen LogP contribution in [-0.2, 0) is 6.42 Å². The van der Waals surface area contributed by atoms with E-state index in [1.807, 2.05) is 32.0 Å². The zero-order chi connectivity index (χ0) is 20.3. The first-order valence-electron chi connectivity index (χ1n) is 10.1. The molecule has 28 heavy (non-hydrogen) atoms. The molecule has 0 spiro atoms. The SMILES string of the molecule is CCCCc1nc(=O)c(C(=O)N2CC[C@@H](c3ccccc3)C2)c(O)n1C(C)C. The van der Waals surface area contributed by atoms with Crippen LogP contribution in [0.1, 0.15) is 73.7 Å². The first kappa shape index (κ1) is 20.1. The number of rotatable bonds is 6. The van der Waals surface area contributed by atoms with E-state index in [-0.39, 0.29) is 23.4 Å². The lowest BCUT2D eigenvalue weighted by molar-refractivity contribution is 0.0783. The minimum absolute atomic E-state index is 0.0952. The molecule has 1 saturated heterocycles. The second kappa shape index (κ2) is 8.59. The molecule has 1 atom stereocenters. The molecule has 1 aromatic carbocycles. The maximum absolute atomic E-state index is 13.1. The van der Waals surface area contributed by atoms with Gasteiger partial charge in [0.1, 0.15) is 5.82 Å². The molecule has 1 fully saturated rings. The number of carbonyl (C=O) groups is 1. The number of unbranched alkanes of at least 4 members (excludes halogenated alkanes) is 1. The van der Waals surface area contributed by atoms with Crippen molar-refractivity contribution in [3.63, 3.8) is 0 Å². The average Bonchev–Trinajstić information content (AvgIpc) is 3.16. The van der Waals surface area contributed by atoms with E-state index in [4.69, 9.17) is 0 Å². The number of likely N-dealkylation sites (tertiary alicyclic amines) is 1. The van der Waals surface area contributed by atoms with E-state index in [9.17, 15) is 14.7 Å². The third-order valence-electron chi connectivity index (χ3n) is 5.40. The van der Waals surface area contributed by atoms with E-state index in [2.05, 4.69) is 24.0 Å². The number of benzene rings is 1. The van der Waals surface area contributed by atoms with Crippen LogP contribution in [0.4, 0.5) is 0 Å². The van der Waals surface area contributed by atoms with Crippen LogP contribution < -0.4 is 5.56 Å². The van der Waals surface area contributed by atoms with Crippen molar-refractivity contribution in [2.45, 2.75) is 58.4 Å². The summed E-state index contributed by atoms with van der Waals surface area (Å²) in [6.45, 7) is 7.00. The summed E-state index contributed by atoms with van der Waals surface area (Å²) >= 11 is 0. The van der Waals surface area contributed by atoms with Gasteiger partial charge in [-0.25, -0.2) is 0 Å². The number of aromatic nitrogens is 2. The monoisotopic (exact) mass is 383 g/mol. The Bertz CT molecular complexity index is 890. The fraction of sp³-hybridized carbons (Fsp3) is 0.500. The van der Waals surface area contributed by atoms with Crippen LogP contribution in [0.2, 0.25) is 0 Å². The van der Waals surface area contributed by atoms with Crippen molar-refractivity contribution < 1.29 is 9.90 Å². The lowest BCUT2D eigenvalue weighted by Crippen LogP contribution is -2.35. The van der Waals surface area contributed by atoms with Gasteiger partial charge in [0.25, 0.3) is 11.5 Å². The van der Waals surface area contributed by atoms with Gasteiger partial charge in [0, 0.05) is 31.5 Å². The predicted octanol–water partition coefficient (Wildman–Crippen LogP) is 3.50. The molecule has 3 rings (SSSR count). The molecule has 0 bridgehead atoms. The summed E-state index contributed by atoms with van der Waals surface area (Å²) in [4.78, 5) is 31.5. The van der Waals surface area contributed by atoms with Crippen LogP contribution in [0.5, 0.6) is 5.88 Å². The number of hydrogen-bond donors (Lipinski definition) is 1. The largest absolute Gasteiger partial charge is 0.494 e. The van der Waals surface area contributed by atoms with Crippen molar-refractivity contribution in [3.05, 3.63) is 57.6 Å². The molecule has 2 heterocycles. The maximum atomic E-state index is 13.1. The van der Waals surface area contributed by atoms with Crippen LogP contribution in [0, 0.1) is 0 Å². The topological polar surface area (TPSA) is 75.4 Å². The highest BCUT2D eigenvalue weighted by Crippen LogP contribution is 2.29. The lowest BCUT2D eigenvalue weighted by Gasteiger charge is -2.22. The number of amides is 1. The number of carbonyl (C=O) groups excluding carboxylic acids is 1. The maximum Gasteiger partial charge on any atom is 0.289 e. The van der Waals surface area contributed by atoms with Crippen molar-refractivity contribution in [2.75, 3.05) is 13.1 Å². The molecule has 0 saturated carbocycles. The van der Waals surface area contributed by atoms with E-state index in [1.54, 1.807) is 9.47 Å². The third kappa shape index (κ3) is 3.96. The molecule has 0 unspecified atom stereocenters. The summed E-state index contributed by atoms with van der Waals surface area (Å²) in [5, 5.41) is 10.8. The summed E-state index contributed by atoms with van der Waals surface area (Å²) < 4.78 is 1.62. The Morgan fingerprint density at radius 2 is 2.00 bits per heavy atom. The molecule has 6 nitrogen and oxygen atoms in total. The fourth-order valence-corrected chi connectivity index (χ4v) is 3.91. The molecular formula is C22H29N3O3. The Morgan fingerprint density at radius 1 is 1.29 bits per heavy atom. The third-order valence-corrected chi connectivity index (χ3v) is 5.40. The number of aromatic hydroxyl groups is 1.